The summed E-state index contributed by atoms with van der Waals surface area (Å²) in [6.45, 7) is 2.12. The quantitative estimate of drug-likeness (QED) is 0.769. The van der Waals surface area contributed by atoms with Gasteiger partial charge in [-0.3, -0.25) is 0 Å². The molecule has 4 heteroatoms. The summed E-state index contributed by atoms with van der Waals surface area (Å²) in [5.41, 5.74) is 2.53. The van der Waals surface area contributed by atoms with Crippen molar-refractivity contribution in [2.75, 3.05) is 18.0 Å². The molecule has 0 radical (unpaired) electrons. The monoisotopic (exact) mass is 215 g/mol. The average molecular weight is 215 g/mol. The van der Waals surface area contributed by atoms with E-state index in [9.17, 15) is 5.11 Å². The van der Waals surface area contributed by atoms with Crippen molar-refractivity contribution >= 4 is 5.69 Å². The fourth-order valence-corrected chi connectivity index (χ4v) is 1.55. The molecule has 4 nitrogen and oxygen atoms in total. The van der Waals surface area contributed by atoms with Crippen molar-refractivity contribution < 1.29 is 5.11 Å². The molecule has 0 aromatic heterocycles. The SMILES string of the molecule is Cc1ccc(N(CC#N)CC#N)c(CO)c1. The van der Waals surface area contributed by atoms with Gasteiger partial charge >= 0.3 is 0 Å². The van der Waals surface area contributed by atoms with Crippen LogP contribution in [-0.2, 0) is 6.61 Å². The van der Waals surface area contributed by atoms with Crippen molar-refractivity contribution in [3.8, 4) is 12.1 Å². The highest BCUT2D eigenvalue weighted by molar-refractivity contribution is 5.56. The van der Waals surface area contributed by atoms with E-state index in [1.165, 1.54) is 0 Å². The highest BCUT2D eigenvalue weighted by Crippen LogP contribution is 2.21. The van der Waals surface area contributed by atoms with Gasteiger partial charge < -0.3 is 10.0 Å². The van der Waals surface area contributed by atoms with Crippen LogP contribution in [0.1, 0.15) is 11.1 Å². The second kappa shape index (κ2) is 5.75. The van der Waals surface area contributed by atoms with Gasteiger partial charge in [-0.15, -0.1) is 0 Å². The highest BCUT2D eigenvalue weighted by atomic mass is 16.3. The first-order valence-corrected chi connectivity index (χ1v) is 4.92. The van der Waals surface area contributed by atoms with Gasteiger partial charge in [0.1, 0.15) is 13.1 Å². The molecule has 0 saturated carbocycles. The van der Waals surface area contributed by atoms with E-state index in [1.807, 2.05) is 37.3 Å². The molecule has 0 spiro atoms. The number of hydrogen-bond acceptors (Lipinski definition) is 4. The fraction of sp³-hybridized carbons (Fsp3) is 0.333. The number of rotatable bonds is 4. The Hall–Kier alpha value is -2.04. The van der Waals surface area contributed by atoms with Crippen LogP contribution < -0.4 is 4.90 Å². The first-order chi connectivity index (χ1) is 7.72. The van der Waals surface area contributed by atoms with E-state index in [-0.39, 0.29) is 19.7 Å². The Kier molecular flexibility index (Phi) is 4.32. The van der Waals surface area contributed by atoms with Crippen molar-refractivity contribution in [2.45, 2.75) is 13.5 Å². The molecular formula is C12H13N3O. The minimum Gasteiger partial charge on any atom is -0.392 e. The maximum atomic E-state index is 9.24. The molecule has 0 unspecified atom stereocenters. The summed E-state index contributed by atoms with van der Waals surface area (Å²) in [5.74, 6) is 0. The normalized spacial score (nSPS) is 9.25. The molecular weight excluding hydrogens is 202 g/mol. The zero-order valence-corrected chi connectivity index (χ0v) is 9.14. The third-order valence-corrected chi connectivity index (χ3v) is 2.27. The molecule has 1 aromatic rings. The molecule has 16 heavy (non-hydrogen) atoms. The van der Waals surface area contributed by atoms with Crippen LogP contribution in [0.15, 0.2) is 18.2 Å². The summed E-state index contributed by atoms with van der Waals surface area (Å²) in [7, 11) is 0. The van der Waals surface area contributed by atoms with Gasteiger partial charge in [0.05, 0.1) is 18.7 Å². The summed E-state index contributed by atoms with van der Waals surface area (Å²) in [5, 5.41) is 26.6. The van der Waals surface area contributed by atoms with Crippen LogP contribution in [0.25, 0.3) is 0 Å². The van der Waals surface area contributed by atoms with Gasteiger partial charge in [-0.2, -0.15) is 10.5 Å². The van der Waals surface area contributed by atoms with E-state index in [0.29, 0.717) is 0 Å². The topological polar surface area (TPSA) is 71.0 Å². The second-order valence-electron chi connectivity index (χ2n) is 3.46. The van der Waals surface area contributed by atoms with Crippen LogP contribution >= 0.6 is 0 Å². The van der Waals surface area contributed by atoms with E-state index in [1.54, 1.807) is 4.90 Å². The van der Waals surface area contributed by atoms with Gasteiger partial charge in [0.25, 0.3) is 0 Å². The van der Waals surface area contributed by atoms with Gasteiger partial charge in [0.2, 0.25) is 0 Å². The molecule has 0 aliphatic rings. The summed E-state index contributed by atoms with van der Waals surface area (Å²) < 4.78 is 0. The molecule has 0 amide bonds. The standard InChI is InChI=1S/C12H13N3O/c1-10-2-3-12(11(8-10)9-16)15(6-4-13)7-5-14/h2-3,8,16H,6-7,9H2,1H3. The molecule has 0 saturated heterocycles. The molecule has 1 aromatic carbocycles. The Morgan fingerprint density at radius 1 is 1.25 bits per heavy atom. The van der Waals surface area contributed by atoms with Crippen LogP contribution in [0, 0.1) is 29.6 Å². The number of nitriles is 2. The van der Waals surface area contributed by atoms with Crippen LogP contribution in [0.5, 0.6) is 0 Å². The minimum absolute atomic E-state index is 0.0929. The number of aliphatic hydroxyl groups excluding tert-OH is 1. The van der Waals surface area contributed by atoms with E-state index >= 15 is 0 Å². The first kappa shape index (κ1) is 12.0. The third kappa shape index (κ3) is 2.73. The number of aliphatic hydroxyl groups is 1. The second-order valence-corrected chi connectivity index (χ2v) is 3.46. The Morgan fingerprint density at radius 2 is 1.88 bits per heavy atom. The number of aryl methyl sites for hydroxylation is 1. The molecule has 82 valence electrons. The van der Waals surface area contributed by atoms with Gasteiger partial charge in [0, 0.05) is 11.3 Å². The number of hydrogen-bond donors (Lipinski definition) is 1. The van der Waals surface area contributed by atoms with Crippen molar-refractivity contribution in [1.29, 1.82) is 10.5 Å². The van der Waals surface area contributed by atoms with E-state index in [0.717, 1.165) is 16.8 Å². The van der Waals surface area contributed by atoms with Crippen LogP contribution in [0.3, 0.4) is 0 Å². The number of benzene rings is 1. The largest absolute Gasteiger partial charge is 0.392 e. The lowest BCUT2D eigenvalue weighted by atomic mass is 10.1. The van der Waals surface area contributed by atoms with Gasteiger partial charge in [-0.1, -0.05) is 17.7 Å². The van der Waals surface area contributed by atoms with Gasteiger partial charge in [-0.05, 0) is 13.0 Å². The van der Waals surface area contributed by atoms with Gasteiger partial charge in [0.15, 0.2) is 0 Å². The molecule has 0 atom stereocenters. The van der Waals surface area contributed by atoms with Crippen molar-refractivity contribution in [2.24, 2.45) is 0 Å². The molecule has 0 aliphatic carbocycles. The van der Waals surface area contributed by atoms with Crippen molar-refractivity contribution in [3.63, 3.8) is 0 Å². The molecule has 0 aliphatic heterocycles. The fourth-order valence-electron chi connectivity index (χ4n) is 1.55. The van der Waals surface area contributed by atoms with Crippen LogP contribution in [0.4, 0.5) is 5.69 Å². The zero-order valence-electron chi connectivity index (χ0n) is 9.14. The lowest BCUT2D eigenvalue weighted by Gasteiger charge is -2.21. The first-order valence-electron chi connectivity index (χ1n) is 4.92. The number of anilines is 1. The Bertz CT molecular complexity index is 427. The zero-order chi connectivity index (χ0) is 12.0. The van der Waals surface area contributed by atoms with Crippen LogP contribution in [0.2, 0.25) is 0 Å². The minimum atomic E-state index is -0.0929. The average Bonchev–Trinajstić information content (AvgIpc) is 2.28. The van der Waals surface area contributed by atoms with E-state index in [4.69, 9.17) is 10.5 Å². The summed E-state index contributed by atoms with van der Waals surface area (Å²) in [6.07, 6.45) is 0. The Morgan fingerprint density at radius 3 is 2.38 bits per heavy atom. The Labute approximate surface area is 95.0 Å². The molecule has 0 fully saturated rings. The smallest absolute Gasteiger partial charge is 0.106 e. The highest BCUT2D eigenvalue weighted by Gasteiger charge is 2.10. The predicted molar refractivity (Wildman–Crippen MR) is 60.5 cm³/mol. The van der Waals surface area contributed by atoms with E-state index in [2.05, 4.69) is 0 Å². The predicted octanol–water partition coefficient (Wildman–Crippen LogP) is 1.34. The van der Waals surface area contributed by atoms with Crippen molar-refractivity contribution in [3.05, 3.63) is 29.3 Å². The molecule has 0 heterocycles. The molecule has 1 rings (SSSR count). The van der Waals surface area contributed by atoms with E-state index < -0.39 is 0 Å². The lowest BCUT2D eigenvalue weighted by Crippen LogP contribution is -2.25. The summed E-state index contributed by atoms with van der Waals surface area (Å²) >= 11 is 0. The third-order valence-electron chi connectivity index (χ3n) is 2.27. The maximum Gasteiger partial charge on any atom is 0.106 e. The molecule has 1 N–H and O–H groups in total. The molecule has 0 bridgehead atoms. The summed E-state index contributed by atoms with van der Waals surface area (Å²) in [4.78, 5) is 1.64. The van der Waals surface area contributed by atoms with Gasteiger partial charge in [-0.25, -0.2) is 0 Å². The summed E-state index contributed by atoms with van der Waals surface area (Å²) in [6, 6.07) is 9.61. The maximum absolute atomic E-state index is 9.24. The van der Waals surface area contributed by atoms with Crippen LogP contribution in [-0.4, -0.2) is 18.2 Å². The van der Waals surface area contributed by atoms with Crippen molar-refractivity contribution in [1.82, 2.24) is 0 Å². The number of nitrogens with zero attached hydrogens (tertiary/aromatic N) is 3. The lowest BCUT2D eigenvalue weighted by molar-refractivity contribution is 0.282. The Balaban J connectivity index is 3.09.